The maximum Gasteiger partial charge on any atom is 0.105 e. The molecule has 0 radical (unpaired) electrons. The Morgan fingerprint density at radius 2 is 2.14 bits per heavy atom. The van der Waals surface area contributed by atoms with Crippen LogP contribution in [0.15, 0.2) is 16.7 Å². The first kappa shape index (κ1) is 16.5. The van der Waals surface area contributed by atoms with Crippen LogP contribution in [0.1, 0.15) is 38.5 Å². The highest BCUT2D eigenvalue weighted by atomic mass is 16.5. The third-order valence-corrected chi connectivity index (χ3v) is 4.19. The summed E-state index contributed by atoms with van der Waals surface area (Å²) >= 11 is 0. The molecular weight excluding hydrogens is 264 g/mol. The van der Waals surface area contributed by atoms with Gasteiger partial charge >= 0.3 is 0 Å². The second-order valence-electron chi connectivity index (χ2n) is 7.58. The molecule has 1 unspecified atom stereocenters. The smallest absolute Gasteiger partial charge is 0.105 e. The Morgan fingerprint density at radius 1 is 1.38 bits per heavy atom. The van der Waals surface area contributed by atoms with E-state index in [0.29, 0.717) is 0 Å². The molecule has 1 aliphatic rings. The molecule has 0 saturated carbocycles. The van der Waals surface area contributed by atoms with E-state index in [-0.39, 0.29) is 11.0 Å². The molecule has 0 amide bonds. The van der Waals surface area contributed by atoms with E-state index in [9.17, 15) is 0 Å². The SMILES string of the molecule is Cc1occc1CN(C)CC1(CNC(C)(C)C)CCOC1. The normalized spacial score (nSPS) is 23.1. The first-order valence-electron chi connectivity index (χ1n) is 7.84. The zero-order valence-electron chi connectivity index (χ0n) is 14.2. The Hall–Kier alpha value is -0.840. The minimum Gasteiger partial charge on any atom is -0.469 e. The van der Waals surface area contributed by atoms with Crippen molar-refractivity contribution >= 4 is 0 Å². The van der Waals surface area contributed by atoms with E-state index in [0.717, 1.165) is 45.0 Å². The van der Waals surface area contributed by atoms with Gasteiger partial charge in [0.2, 0.25) is 0 Å². The van der Waals surface area contributed by atoms with Crippen molar-refractivity contribution in [3.05, 3.63) is 23.7 Å². The van der Waals surface area contributed by atoms with Crippen LogP contribution < -0.4 is 5.32 Å². The molecule has 1 N–H and O–H groups in total. The fourth-order valence-electron chi connectivity index (χ4n) is 2.92. The van der Waals surface area contributed by atoms with Crippen molar-refractivity contribution in [2.45, 2.75) is 46.2 Å². The van der Waals surface area contributed by atoms with Gasteiger partial charge in [-0.05, 0) is 47.2 Å². The summed E-state index contributed by atoms with van der Waals surface area (Å²) in [4.78, 5) is 2.39. The zero-order valence-corrected chi connectivity index (χ0v) is 14.2. The molecule has 4 heteroatoms. The number of hydrogen-bond acceptors (Lipinski definition) is 4. The summed E-state index contributed by atoms with van der Waals surface area (Å²) in [6, 6.07) is 2.07. The molecule has 1 atom stereocenters. The highest BCUT2D eigenvalue weighted by Gasteiger charge is 2.36. The Kier molecular flexibility index (Phi) is 5.12. The van der Waals surface area contributed by atoms with Crippen LogP contribution in [0, 0.1) is 12.3 Å². The van der Waals surface area contributed by atoms with Gasteiger partial charge < -0.3 is 19.4 Å². The second-order valence-corrected chi connectivity index (χ2v) is 7.58. The van der Waals surface area contributed by atoms with E-state index in [1.165, 1.54) is 5.56 Å². The largest absolute Gasteiger partial charge is 0.469 e. The lowest BCUT2D eigenvalue weighted by atomic mass is 9.85. The average molecular weight is 294 g/mol. The Morgan fingerprint density at radius 3 is 2.67 bits per heavy atom. The topological polar surface area (TPSA) is 37.6 Å². The quantitative estimate of drug-likeness (QED) is 0.875. The van der Waals surface area contributed by atoms with E-state index in [1.54, 1.807) is 6.26 Å². The number of nitrogens with zero attached hydrogens (tertiary/aromatic N) is 1. The molecule has 0 aromatic carbocycles. The molecule has 0 bridgehead atoms. The van der Waals surface area contributed by atoms with Gasteiger partial charge in [0.15, 0.2) is 0 Å². The van der Waals surface area contributed by atoms with Gasteiger partial charge in [-0.25, -0.2) is 0 Å². The number of ether oxygens (including phenoxy) is 1. The molecule has 0 aliphatic carbocycles. The highest BCUT2D eigenvalue weighted by Crippen LogP contribution is 2.30. The number of furan rings is 1. The van der Waals surface area contributed by atoms with E-state index < -0.39 is 0 Å². The van der Waals surface area contributed by atoms with Crippen molar-refractivity contribution in [1.82, 2.24) is 10.2 Å². The average Bonchev–Trinajstić information content (AvgIpc) is 2.97. The molecule has 21 heavy (non-hydrogen) atoms. The zero-order chi connectivity index (χ0) is 15.5. The summed E-state index contributed by atoms with van der Waals surface area (Å²) in [5.74, 6) is 1.02. The third kappa shape index (κ3) is 4.83. The third-order valence-electron chi connectivity index (χ3n) is 4.19. The highest BCUT2D eigenvalue weighted by molar-refractivity contribution is 5.15. The number of hydrogen-bond donors (Lipinski definition) is 1. The lowest BCUT2D eigenvalue weighted by molar-refractivity contribution is 0.110. The van der Waals surface area contributed by atoms with Crippen LogP contribution in [0.5, 0.6) is 0 Å². The van der Waals surface area contributed by atoms with Crippen LogP contribution in [-0.2, 0) is 11.3 Å². The maximum atomic E-state index is 5.70. The molecule has 1 saturated heterocycles. The molecule has 1 aromatic rings. The van der Waals surface area contributed by atoms with Gasteiger partial charge in [0.1, 0.15) is 5.76 Å². The maximum absolute atomic E-state index is 5.70. The monoisotopic (exact) mass is 294 g/mol. The van der Waals surface area contributed by atoms with Gasteiger partial charge in [-0.3, -0.25) is 0 Å². The molecule has 2 rings (SSSR count). The summed E-state index contributed by atoms with van der Waals surface area (Å²) in [6.07, 6.45) is 2.90. The minimum atomic E-state index is 0.148. The number of nitrogens with one attached hydrogen (secondary N) is 1. The van der Waals surface area contributed by atoms with Crippen molar-refractivity contribution in [3.8, 4) is 0 Å². The Labute approximate surface area is 128 Å². The van der Waals surface area contributed by atoms with Gasteiger partial charge in [0, 0.05) is 42.8 Å². The van der Waals surface area contributed by atoms with E-state index in [4.69, 9.17) is 9.15 Å². The molecular formula is C17H30N2O2. The van der Waals surface area contributed by atoms with Crippen LogP contribution >= 0.6 is 0 Å². The van der Waals surface area contributed by atoms with E-state index in [1.807, 2.05) is 6.92 Å². The summed E-state index contributed by atoms with van der Waals surface area (Å²) in [6.45, 7) is 13.4. The Bertz CT molecular complexity index is 442. The summed E-state index contributed by atoms with van der Waals surface area (Å²) in [7, 11) is 2.18. The fraction of sp³-hybridized carbons (Fsp3) is 0.765. The van der Waals surface area contributed by atoms with Crippen molar-refractivity contribution in [1.29, 1.82) is 0 Å². The molecule has 120 valence electrons. The molecule has 4 nitrogen and oxygen atoms in total. The lowest BCUT2D eigenvalue weighted by Crippen LogP contribution is -2.48. The number of rotatable bonds is 6. The second kappa shape index (κ2) is 6.51. The lowest BCUT2D eigenvalue weighted by Gasteiger charge is -2.35. The van der Waals surface area contributed by atoms with Gasteiger partial charge in [0.05, 0.1) is 12.9 Å². The molecule has 1 aromatic heterocycles. The summed E-state index contributed by atoms with van der Waals surface area (Å²) in [5.41, 5.74) is 1.64. The van der Waals surface area contributed by atoms with Crippen LogP contribution in [0.25, 0.3) is 0 Å². The Balaban J connectivity index is 1.94. The van der Waals surface area contributed by atoms with Crippen molar-refractivity contribution in [2.75, 3.05) is 33.4 Å². The van der Waals surface area contributed by atoms with Gasteiger partial charge in [-0.1, -0.05) is 0 Å². The summed E-state index contributed by atoms with van der Waals surface area (Å²) in [5, 5.41) is 3.66. The molecule has 1 aliphatic heterocycles. The van der Waals surface area contributed by atoms with E-state index in [2.05, 4.69) is 44.1 Å². The van der Waals surface area contributed by atoms with Gasteiger partial charge in [0.25, 0.3) is 0 Å². The first-order chi connectivity index (χ1) is 9.80. The molecule has 0 spiro atoms. The van der Waals surface area contributed by atoms with Crippen LogP contribution in [-0.4, -0.2) is 43.8 Å². The molecule has 2 heterocycles. The van der Waals surface area contributed by atoms with E-state index >= 15 is 0 Å². The molecule has 1 fully saturated rings. The van der Waals surface area contributed by atoms with Crippen LogP contribution in [0.2, 0.25) is 0 Å². The van der Waals surface area contributed by atoms with Crippen LogP contribution in [0.3, 0.4) is 0 Å². The van der Waals surface area contributed by atoms with Crippen molar-refractivity contribution in [3.63, 3.8) is 0 Å². The summed E-state index contributed by atoms with van der Waals surface area (Å²) < 4.78 is 11.1. The van der Waals surface area contributed by atoms with Crippen LogP contribution in [0.4, 0.5) is 0 Å². The first-order valence-corrected chi connectivity index (χ1v) is 7.84. The fourth-order valence-corrected chi connectivity index (χ4v) is 2.92. The standard InChI is InChI=1S/C17H30N2O2/c1-14-15(6-8-21-14)10-19(5)12-17(7-9-20-13-17)11-18-16(2,3)4/h6,8,18H,7,9-13H2,1-5H3. The van der Waals surface area contributed by atoms with Gasteiger partial charge in [-0.2, -0.15) is 0 Å². The number of aryl methyl sites for hydroxylation is 1. The van der Waals surface area contributed by atoms with Crippen molar-refractivity contribution < 1.29 is 9.15 Å². The van der Waals surface area contributed by atoms with Crippen molar-refractivity contribution in [2.24, 2.45) is 5.41 Å². The predicted octanol–water partition coefficient (Wildman–Crippen LogP) is 2.81. The van der Waals surface area contributed by atoms with Gasteiger partial charge in [-0.15, -0.1) is 0 Å². The predicted molar refractivity (Wildman–Crippen MR) is 85.4 cm³/mol. The minimum absolute atomic E-state index is 0.148.